The fourth-order valence-corrected chi connectivity index (χ4v) is 1.70. The Labute approximate surface area is 113 Å². The molecule has 0 aliphatic heterocycles. The number of ether oxygens (including phenoxy) is 2. The Balaban J connectivity index is 3.14. The molecule has 1 heterocycles. The molecule has 1 aromatic rings. The van der Waals surface area contributed by atoms with Gasteiger partial charge in [-0.1, -0.05) is 0 Å². The molecule has 0 spiro atoms. The summed E-state index contributed by atoms with van der Waals surface area (Å²) in [6.07, 6.45) is -5.28. The van der Waals surface area contributed by atoms with Crippen molar-refractivity contribution in [2.45, 2.75) is 12.8 Å². The number of pyridine rings is 1. The molecule has 0 amide bonds. The summed E-state index contributed by atoms with van der Waals surface area (Å²) in [5, 5.41) is 8.62. The van der Waals surface area contributed by atoms with Crippen LogP contribution in [0.5, 0.6) is 11.6 Å². The van der Waals surface area contributed by atoms with E-state index in [4.69, 9.17) is 5.11 Å². The van der Waals surface area contributed by atoms with E-state index >= 15 is 0 Å². The van der Waals surface area contributed by atoms with Crippen molar-refractivity contribution in [2.24, 2.45) is 0 Å². The summed E-state index contributed by atoms with van der Waals surface area (Å²) < 4.78 is 44.9. The number of hydrogen-bond donors (Lipinski definition) is 1. The van der Waals surface area contributed by atoms with Gasteiger partial charge in [-0.15, -0.1) is 13.2 Å². The molecule has 0 atom stereocenters. The van der Waals surface area contributed by atoms with Gasteiger partial charge >= 0.3 is 12.3 Å². The van der Waals surface area contributed by atoms with E-state index in [1.54, 1.807) is 22.6 Å². The van der Waals surface area contributed by atoms with Crippen molar-refractivity contribution in [3.8, 4) is 11.6 Å². The molecule has 0 saturated carbocycles. The zero-order valence-corrected chi connectivity index (χ0v) is 11.1. The summed E-state index contributed by atoms with van der Waals surface area (Å²) in [5.41, 5.74) is 0.106. The normalized spacial score (nSPS) is 11.2. The van der Waals surface area contributed by atoms with E-state index in [2.05, 4.69) is 14.5 Å². The van der Waals surface area contributed by atoms with Gasteiger partial charge in [-0.2, -0.15) is 0 Å². The lowest BCUT2D eigenvalue weighted by Gasteiger charge is -2.13. The summed E-state index contributed by atoms with van der Waals surface area (Å²) >= 11 is 1.68. The molecule has 0 aliphatic carbocycles. The molecule has 1 aromatic heterocycles. The molecule has 0 unspecified atom stereocenters. The molecular formula is C9H7F3INO4. The predicted octanol–water partition coefficient (Wildman–Crippen LogP) is 2.22. The number of rotatable bonds is 4. The number of aliphatic carboxylic acids is 1. The highest BCUT2D eigenvalue weighted by Gasteiger charge is 2.33. The van der Waals surface area contributed by atoms with Crippen molar-refractivity contribution in [1.82, 2.24) is 4.98 Å². The van der Waals surface area contributed by atoms with Crippen LogP contribution in [0.3, 0.4) is 0 Å². The van der Waals surface area contributed by atoms with Gasteiger partial charge in [0.15, 0.2) is 5.75 Å². The van der Waals surface area contributed by atoms with E-state index in [0.717, 1.165) is 13.2 Å². The first-order chi connectivity index (χ1) is 8.23. The number of nitrogens with zero attached hydrogens (tertiary/aromatic N) is 1. The third kappa shape index (κ3) is 4.20. The maximum Gasteiger partial charge on any atom is 0.573 e. The van der Waals surface area contributed by atoms with Crippen molar-refractivity contribution in [2.75, 3.05) is 7.11 Å². The SMILES string of the molecule is COc1nc(CC(=O)O)c(I)cc1OC(F)(F)F. The van der Waals surface area contributed by atoms with Crippen molar-refractivity contribution in [3.63, 3.8) is 0 Å². The molecule has 1 rings (SSSR count). The fraction of sp³-hybridized carbons (Fsp3) is 0.333. The first kappa shape index (κ1) is 14.8. The molecule has 0 aromatic carbocycles. The molecule has 9 heteroatoms. The summed E-state index contributed by atoms with van der Waals surface area (Å²) in [6, 6.07) is 1.03. The van der Waals surface area contributed by atoms with Gasteiger partial charge in [0, 0.05) is 9.64 Å². The van der Waals surface area contributed by atoms with Crippen LogP contribution >= 0.6 is 22.6 Å². The number of carboxylic acids is 1. The largest absolute Gasteiger partial charge is 0.573 e. The molecule has 0 saturated heterocycles. The molecule has 100 valence electrons. The minimum Gasteiger partial charge on any atom is -0.481 e. The van der Waals surface area contributed by atoms with Crippen molar-refractivity contribution < 1.29 is 32.5 Å². The van der Waals surface area contributed by atoms with Crippen LogP contribution in [0.2, 0.25) is 0 Å². The number of carbonyl (C=O) groups is 1. The Morgan fingerprint density at radius 1 is 1.56 bits per heavy atom. The molecule has 0 fully saturated rings. The first-order valence-corrected chi connectivity index (χ1v) is 5.51. The number of alkyl halides is 3. The van der Waals surface area contributed by atoms with E-state index in [1.807, 2.05) is 0 Å². The number of halogens is 4. The Morgan fingerprint density at radius 3 is 2.61 bits per heavy atom. The second-order valence-electron chi connectivity index (χ2n) is 3.04. The van der Waals surface area contributed by atoms with E-state index in [-0.39, 0.29) is 9.26 Å². The van der Waals surface area contributed by atoms with E-state index in [0.29, 0.717) is 0 Å². The Morgan fingerprint density at radius 2 is 2.17 bits per heavy atom. The number of methoxy groups -OCH3 is 1. The number of hydrogen-bond acceptors (Lipinski definition) is 4. The minimum absolute atomic E-state index is 0.106. The zero-order chi connectivity index (χ0) is 13.9. The smallest absolute Gasteiger partial charge is 0.481 e. The van der Waals surface area contributed by atoms with Gasteiger partial charge in [0.05, 0.1) is 19.2 Å². The monoisotopic (exact) mass is 377 g/mol. The van der Waals surface area contributed by atoms with Crippen LogP contribution in [0, 0.1) is 3.57 Å². The Bertz CT molecular complexity index is 464. The summed E-state index contributed by atoms with van der Waals surface area (Å²) in [4.78, 5) is 14.2. The van der Waals surface area contributed by atoms with Gasteiger partial charge in [0.25, 0.3) is 5.88 Å². The second-order valence-corrected chi connectivity index (χ2v) is 4.20. The second kappa shape index (κ2) is 5.59. The number of aromatic nitrogens is 1. The van der Waals surface area contributed by atoms with Gasteiger partial charge in [-0.25, -0.2) is 4.98 Å². The standard InChI is InChI=1S/C9H7F3INO4/c1-17-8-6(18-9(10,11)12)2-4(13)5(14-8)3-7(15)16/h2H,3H2,1H3,(H,15,16). The van der Waals surface area contributed by atoms with E-state index in [1.165, 1.54) is 0 Å². The minimum atomic E-state index is -4.87. The number of carboxylic acid groups (broad SMARTS) is 1. The molecule has 18 heavy (non-hydrogen) atoms. The molecule has 1 N–H and O–H groups in total. The fourth-order valence-electron chi connectivity index (χ4n) is 1.10. The molecule has 5 nitrogen and oxygen atoms in total. The summed E-state index contributed by atoms with van der Waals surface area (Å²) in [7, 11) is 1.11. The van der Waals surface area contributed by atoms with Crippen molar-refractivity contribution >= 4 is 28.6 Å². The van der Waals surface area contributed by atoms with E-state index in [9.17, 15) is 18.0 Å². The molecular weight excluding hydrogens is 370 g/mol. The average molecular weight is 377 g/mol. The van der Waals surface area contributed by atoms with Crippen LogP contribution in [-0.4, -0.2) is 29.5 Å². The highest BCUT2D eigenvalue weighted by Crippen LogP contribution is 2.32. The van der Waals surface area contributed by atoms with Gasteiger partial charge in [0.2, 0.25) is 0 Å². The van der Waals surface area contributed by atoms with Crippen LogP contribution in [0.4, 0.5) is 13.2 Å². The molecule has 0 aliphatic rings. The summed E-state index contributed by atoms with van der Waals surface area (Å²) in [6.45, 7) is 0. The molecule has 0 radical (unpaired) electrons. The predicted molar refractivity (Wildman–Crippen MR) is 61.5 cm³/mol. The van der Waals surface area contributed by atoms with Crippen molar-refractivity contribution in [3.05, 3.63) is 15.3 Å². The van der Waals surface area contributed by atoms with Gasteiger partial charge in [0.1, 0.15) is 0 Å². The lowest BCUT2D eigenvalue weighted by molar-refractivity contribution is -0.275. The van der Waals surface area contributed by atoms with E-state index < -0.39 is 30.4 Å². The van der Waals surface area contributed by atoms with Gasteiger partial charge < -0.3 is 14.6 Å². The van der Waals surface area contributed by atoms with Gasteiger partial charge in [-0.3, -0.25) is 4.79 Å². The molecule has 0 bridgehead atoms. The maximum atomic E-state index is 12.1. The Kier molecular flexibility index (Phi) is 4.59. The van der Waals surface area contributed by atoms with Crippen LogP contribution < -0.4 is 9.47 Å². The van der Waals surface area contributed by atoms with Crippen LogP contribution in [0.25, 0.3) is 0 Å². The highest BCUT2D eigenvalue weighted by atomic mass is 127. The van der Waals surface area contributed by atoms with Crippen LogP contribution in [0.15, 0.2) is 6.07 Å². The maximum absolute atomic E-state index is 12.1. The summed E-state index contributed by atoms with van der Waals surface area (Å²) in [5.74, 6) is -2.17. The quantitative estimate of drug-likeness (QED) is 0.816. The topological polar surface area (TPSA) is 68.7 Å². The van der Waals surface area contributed by atoms with Gasteiger partial charge in [-0.05, 0) is 22.6 Å². The average Bonchev–Trinajstić information content (AvgIpc) is 2.19. The van der Waals surface area contributed by atoms with Crippen LogP contribution in [-0.2, 0) is 11.2 Å². The first-order valence-electron chi connectivity index (χ1n) is 4.44. The van der Waals surface area contributed by atoms with Crippen LogP contribution in [0.1, 0.15) is 5.69 Å². The lowest BCUT2D eigenvalue weighted by atomic mass is 10.2. The lowest BCUT2D eigenvalue weighted by Crippen LogP contribution is -2.18. The zero-order valence-electron chi connectivity index (χ0n) is 8.92. The third-order valence-corrected chi connectivity index (χ3v) is 2.65. The third-order valence-electron chi connectivity index (χ3n) is 1.72. The highest BCUT2D eigenvalue weighted by molar-refractivity contribution is 14.1. The Hall–Kier alpha value is -1.26. The van der Waals surface area contributed by atoms with Crippen molar-refractivity contribution in [1.29, 1.82) is 0 Å².